The van der Waals surface area contributed by atoms with Crippen LogP contribution in [0.1, 0.15) is 18.2 Å². The Bertz CT molecular complexity index is 1080. The van der Waals surface area contributed by atoms with Gasteiger partial charge in [-0.2, -0.15) is 14.7 Å². The van der Waals surface area contributed by atoms with Crippen molar-refractivity contribution in [2.45, 2.75) is 20.3 Å². The lowest BCUT2D eigenvalue weighted by Crippen LogP contribution is -2.01. The molecular formula is C21H19N5O2. The van der Waals surface area contributed by atoms with E-state index in [1.54, 1.807) is 4.68 Å². The summed E-state index contributed by atoms with van der Waals surface area (Å²) in [5, 5.41) is 13.0. The maximum absolute atomic E-state index is 8.12. The zero-order chi connectivity index (χ0) is 19.9. The molecule has 4 aromatic rings. The van der Waals surface area contributed by atoms with Gasteiger partial charge in [0.1, 0.15) is 5.69 Å². The molecule has 0 N–H and O–H groups in total. The maximum atomic E-state index is 8.12. The summed E-state index contributed by atoms with van der Waals surface area (Å²) in [6.45, 7) is 4.25. The van der Waals surface area contributed by atoms with Crippen LogP contribution < -0.4 is 0 Å². The highest BCUT2D eigenvalue weighted by Gasteiger charge is 2.08. The minimum atomic E-state index is 0.250. The van der Waals surface area contributed by atoms with Crippen molar-refractivity contribution in [3.63, 3.8) is 0 Å². The third-order valence-corrected chi connectivity index (χ3v) is 4.41. The molecule has 0 saturated heterocycles. The van der Waals surface area contributed by atoms with Gasteiger partial charge in [0.2, 0.25) is 0 Å². The molecule has 0 bridgehead atoms. The summed E-state index contributed by atoms with van der Waals surface area (Å²) >= 11 is 0. The first-order valence-corrected chi connectivity index (χ1v) is 8.79. The minimum Gasteiger partial charge on any atom is -0.238 e. The molecule has 0 radical (unpaired) electrons. The maximum Gasteiger partial charge on any atom is 0.373 e. The summed E-state index contributed by atoms with van der Waals surface area (Å²) in [4.78, 5) is 16.2. The molecule has 0 atom stereocenters. The van der Waals surface area contributed by atoms with Crippen molar-refractivity contribution in [3.05, 3.63) is 78.2 Å². The molecule has 0 aliphatic carbocycles. The fraction of sp³-hybridized carbons (Fsp3) is 0.143. The Hall–Kier alpha value is -3.83. The Labute approximate surface area is 162 Å². The van der Waals surface area contributed by atoms with Gasteiger partial charge in [-0.25, -0.2) is 9.36 Å². The summed E-state index contributed by atoms with van der Waals surface area (Å²) in [6.07, 6.45) is 5.12. The highest BCUT2D eigenvalue weighted by Crippen LogP contribution is 2.19. The third kappa shape index (κ3) is 3.95. The fourth-order valence-corrected chi connectivity index (χ4v) is 2.93. The van der Waals surface area contributed by atoms with Crippen molar-refractivity contribution in [1.29, 1.82) is 0 Å². The van der Waals surface area contributed by atoms with Crippen molar-refractivity contribution in [1.82, 2.24) is 24.8 Å². The highest BCUT2D eigenvalue weighted by atomic mass is 16.2. The Balaban J connectivity index is 0.000000706. The standard InChI is InChI=1S/C20H19N5.CO2/c1-3-16-13-21-25(15(16)2)19-11-9-18(10-12-19)24-14-20(22-23-24)17-7-5-4-6-8-17;2-1-3/h4-14H,3H2,1-2H3;. The summed E-state index contributed by atoms with van der Waals surface area (Å²) in [5.41, 5.74) is 6.39. The second kappa shape index (κ2) is 8.70. The van der Waals surface area contributed by atoms with E-state index in [1.807, 2.05) is 59.5 Å². The van der Waals surface area contributed by atoms with E-state index in [9.17, 15) is 0 Å². The lowest BCUT2D eigenvalue weighted by atomic mass is 10.2. The van der Waals surface area contributed by atoms with E-state index in [0.717, 1.165) is 29.1 Å². The number of aryl methyl sites for hydroxylation is 1. The van der Waals surface area contributed by atoms with E-state index < -0.39 is 0 Å². The van der Waals surface area contributed by atoms with E-state index >= 15 is 0 Å². The molecule has 2 heterocycles. The van der Waals surface area contributed by atoms with E-state index in [-0.39, 0.29) is 6.15 Å². The van der Waals surface area contributed by atoms with Gasteiger partial charge in [-0.1, -0.05) is 42.5 Å². The molecule has 7 heteroatoms. The molecule has 0 fully saturated rings. The van der Waals surface area contributed by atoms with E-state index in [1.165, 1.54) is 11.3 Å². The molecule has 140 valence electrons. The van der Waals surface area contributed by atoms with Crippen LogP contribution in [-0.4, -0.2) is 30.9 Å². The molecular weight excluding hydrogens is 354 g/mol. The quantitative estimate of drug-likeness (QED) is 0.547. The van der Waals surface area contributed by atoms with Gasteiger partial charge in [0.15, 0.2) is 0 Å². The van der Waals surface area contributed by atoms with Gasteiger partial charge in [0.05, 0.1) is 23.8 Å². The smallest absolute Gasteiger partial charge is 0.238 e. The molecule has 2 aromatic carbocycles. The second-order valence-corrected chi connectivity index (χ2v) is 6.03. The Kier molecular flexibility index (Phi) is 5.89. The van der Waals surface area contributed by atoms with Crippen LogP contribution in [0.15, 0.2) is 67.0 Å². The normalized spacial score (nSPS) is 10.1. The van der Waals surface area contributed by atoms with Crippen LogP contribution >= 0.6 is 0 Å². The highest BCUT2D eigenvalue weighted by molar-refractivity contribution is 5.58. The van der Waals surface area contributed by atoms with Gasteiger partial charge in [0, 0.05) is 11.3 Å². The van der Waals surface area contributed by atoms with Crippen LogP contribution in [0.4, 0.5) is 0 Å². The SMILES string of the molecule is CCc1cnn(-c2ccc(-n3cc(-c4ccccc4)nn3)cc2)c1C.O=C=O. The van der Waals surface area contributed by atoms with Crippen molar-refractivity contribution < 1.29 is 9.59 Å². The molecule has 0 aliphatic rings. The second-order valence-electron chi connectivity index (χ2n) is 6.03. The first-order valence-electron chi connectivity index (χ1n) is 8.79. The van der Waals surface area contributed by atoms with E-state index in [4.69, 9.17) is 9.59 Å². The van der Waals surface area contributed by atoms with Gasteiger partial charge >= 0.3 is 6.15 Å². The predicted molar refractivity (Wildman–Crippen MR) is 103 cm³/mol. The van der Waals surface area contributed by atoms with Gasteiger partial charge in [-0.15, -0.1) is 5.10 Å². The first-order chi connectivity index (χ1) is 13.7. The monoisotopic (exact) mass is 373 g/mol. The number of hydrogen-bond acceptors (Lipinski definition) is 5. The largest absolute Gasteiger partial charge is 0.373 e. The summed E-state index contributed by atoms with van der Waals surface area (Å²) in [5.74, 6) is 0. The van der Waals surface area contributed by atoms with Gasteiger partial charge in [-0.3, -0.25) is 0 Å². The number of rotatable bonds is 4. The van der Waals surface area contributed by atoms with Crippen LogP contribution in [0.25, 0.3) is 22.6 Å². The van der Waals surface area contributed by atoms with Crippen LogP contribution in [0.3, 0.4) is 0 Å². The lowest BCUT2D eigenvalue weighted by molar-refractivity contribution is -0.191. The van der Waals surface area contributed by atoms with Crippen LogP contribution in [0.2, 0.25) is 0 Å². The number of nitrogens with zero attached hydrogens (tertiary/aromatic N) is 5. The summed E-state index contributed by atoms with van der Waals surface area (Å²) in [6, 6.07) is 18.2. The first kappa shape index (κ1) is 18.9. The van der Waals surface area contributed by atoms with Crippen molar-refractivity contribution >= 4 is 6.15 Å². The Morgan fingerprint density at radius 2 is 1.61 bits per heavy atom. The van der Waals surface area contributed by atoms with Crippen LogP contribution in [0, 0.1) is 6.92 Å². The zero-order valence-electron chi connectivity index (χ0n) is 15.6. The average molecular weight is 373 g/mol. The van der Waals surface area contributed by atoms with Crippen molar-refractivity contribution in [2.75, 3.05) is 0 Å². The molecule has 0 unspecified atom stereocenters. The molecule has 28 heavy (non-hydrogen) atoms. The van der Waals surface area contributed by atoms with Gasteiger partial charge in [-0.05, 0) is 43.2 Å². The topological polar surface area (TPSA) is 82.7 Å². The molecule has 0 saturated carbocycles. The number of aromatic nitrogens is 5. The number of hydrogen-bond donors (Lipinski definition) is 0. The van der Waals surface area contributed by atoms with Gasteiger partial charge < -0.3 is 0 Å². The summed E-state index contributed by atoms with van der Waals surface area (Å²) in [7, 11) is 0. The lowest BCUT2D eigenvalue weighted by Gasteiger charge is -2.06. The van der Waals surface area contributed by atoms with E-state index in [0.29, 0.717) is 0 Å². The minimum absolute atomic E-state index is 0.250. The van der Waals surface area contributed by atoms with Crippen LogP contribution in [-0.2, 0) is 16.0 Å². The van der Waals surface area contributed by atoms with Crippen LogP contribution in [0.5, 0.6) is 0 Å². The van der Waals surface area contributed by atoms with E-state index in [2.05, 4.69) is 41.4 Å². The van der Waals surface area contributed by atoms with Crippen molar-refractivity contribution in [3.8, 4) is 22.6 Å². The number of benzene rings is 2. The fourth-order valence-electron chi connectivity index (χ4n) is 2.93. The third-order valence-electron chi connectivity index (χ3n) is 4.41. The van der Waals surface area contributed by atoms with Gasteiger partial charge in [0.25, 0.3) is 0 Å². The molecule has 0 amide bonds. The average Bonchev–Trinajstić information content (AvgIpc) is 3.36. The molecule has 7 nitrogen and oxygen atoms in total. The Morgan fingerprint density at radius 1 is 0.964 bits per heavy atom. The molecule has 2 aromatic heterocycles. The van der Waals surface area contributed by atoms with Crippen molar-refractivity contribution in [2.24, 2.45) is 0 Å². The number of carbonyl (C=O) groups excluding carboxylic acids is 2. The molecule has 0 aliphatic heterocycles. The molecule has 4 rings (SSSR count). The zero-order valence-corrected chi connectivity index (χ0v) is 15.6. The Morgan fingerprint density at radius 3 is 2.21 bits per heavy atom. The summed E-state index contributed by atoms with van der Waals surface area (Å²) < 4.78 is 3.76. The predicted octanol–water partition coefficient (Wildman–Crippen LogP) is 3.41. The molecule has 0 spiro atoms.